The normalized spacial score (nSPS) is 12.0. The lowest BCUT2D eigenvalue weighted by Crippen LogP contribution is -2.16. The summed E-state index contributed by atoms with van der Waals surface area (Å²) in [5, 5.41) is 2.07. The van der Waals surface area contributed by atoms with E-state index in [9.17, 15) is 9.59 Å². The zero-order chi connectivity index (χ0) is 15.4. The smallest absolute Gasteiger partial charge is 0.313 e. The second kappa shape index (κ2) is 6.39. The van der Waals surface area contributed by atoms with Gasteiger partial charge in [0.05, 0.1) is 13.0 Å². The Labute approximate surface area is 123 Å². The maximum Gasteiger partial charge on any atom is 0.313 e. The van der Waals surface area contributed by atoms with Gasteiger partial charge in [-0.05, 0) is 42.3 Å². The Bertz CT molecular complexity index is 676. The number of carbonyl (C=O) groups excluding carboxylic acids is 2. The molecular weight excluding hydrogens is 268 g/mol. The summed E-state index contributed by atoms with van der Waals surface area (Å²) in [6.07, 6.45) is 0. The number of esters is 1. The molecule has 110 valence electrons. The number of methoxy groups -OCH3 is 1. The highest BCUT2D eigenvalue weighted by Gasteiger charge is 2.17. The fraction of sp³-hybridized carbons (Fsp3) is 0.294. The van der Waals surface area contributed by atoms with Crippen LogP contribution in [0.5, 0.6) is 5.75 Å². The molecule has 0 aliphatic heterocycles. The molecule has 21 heavy (non-hydrogen) atoms. The van der Waals surface area contributed by atoms with Crippen LogP contribution in [0.3, 0.4) is 0 Å². The van der Waals surface area contributed by atoms with E-state index in [1.165, 1.54) is 6.92 Å². The number of carbonyl (C=O) groups is 2. The summed E-state index contributed by atoms with van der Waals surface area (Å²) in [7, 11) is 1.63. The number of fused-ring (bicyclic) bond motifs is 1. The summed E-state index contributed by atoms with van der Waals surface area (Å²) < 4.78 is 10.1. The van der Waals surface area contributed by atoms with E-state index in [0.29, 0.717) is 0 Å². The molecule has 0 aromatic heterocycles. The molecule has 0 unspecified atom stereocenters. The minimum atomic E-state index is -0.407. The number of ketones is 1. The predicted molar refractivity (Wildman–Crippen MR) is 80.6 cm³/mol. The topological polar surface area (TPSA) is 52.6 Å². The van der Waals surface area contributed by atoms with Crippen LogP contribution in [0, 0.1) is 0 Å². The molecule has 0 spiro atoms. The van der Waals surface area contributed by atoms with Gasteiger partial charge in [0.2, 0.25) is 0 Å². The molecule has 4 nitrogen and oxygen atoms in total. The van der Waals surface area contributed by atoms with Crippen molar-refractivity contribution in [3.05, 3.63) is 42.0 Å². The Morgan fingerprint density at radius 3 is 2.43 bits per heavy atom. The van der Waals surface area contributed by atoms with Gasteiger partial charge in [0.1, 0.15) is 12.4 Å². The van der Waals surface area contributed by atoms with Gasteiger partial charge in [-0.25, -0.2) is 0 Å². The van der Waals surface area contributed by atoms with Crippen molar-refractivity contribution in [1.29, 1.82) is 0 Å². The van der Waals surface area contributed by atoms with Crippen molar-refractivity contribution >= 4 is 22.5 Å². The van der Waals surface area contributed by atoms with Gasteiger partial charge in [-0.1, -0.05) is 24.3 Å². The van der Waals surface area contributed by atoms with Crippen molar-refractivity contribution in [2.45, 2.75) is 19.8 Å². The number of hydrogen-bond donors (Lipinski definition) is 0. The molecule has 1 atom stereocenters. The predicted octanol–water partition coefficient (Wildman–Crippen LogP) is 3.08. The van der Waals surface area contributed by atoms with Crippen LogP contribution in [0.4, 0.5) is 0 Å². The van der Waals surface area contributed by atoms with E-state index in [-0.39, 0.29) is 12.4 Å². The lowest BCUT2D eigenvalue weighted by Gasteiger charge is -2.12. The molecule has 4 heteroatoms. The van der Waals surface area contributed by atoms with Crippen LogP contribution in [0.2, 0.25) is 0 Å². The molecule has 0 amide bonds. The van der Waals surface area contributed by atoms with E-state index in [1.54, 1.807) is 14.0 Å². The fourth-order valence-corrected chi connectivity index (χ4v) is 2.07. The summed E-state index contributed by atoms with van der Waals surface area (Å²) in [6, 6.07) is 11.6. The first-order valence-corrected chi connectivity index (χ1v) is 6.75. The average molecular weight is 286 g/mol. The van der Waals surface area contributed by atoms with Crippen LogP contribution in [0.25, 0.3) is 10.8 Å². The third-order valence-corrected chi connectivity index (χ3v) is 3.34. The highest BCUT2D eigenvalue weighted by molar-refractivity contribution is 5.87. The summed E-state index contributed by atoms with van der Waals surface area (Å²) in [5.41, 5.74) is 0.862. The van der Waals surface area contributed by atoms with E-state index in [2.05, 4.69) is 0 Å². The van der Waals surface area contributed by atoms with Crippen LogP contribution >= 0.6 is 0 Å². The minimum Gasteiger partial charge on any atom is -0.497 e. The first kappa shape index (κ1) is 15.0. The first-order chi connectivity index (χ1) is 10.0. The number of hydrogen-bond acceptors (Lipinski definition) is 4. The first-order valence-electron chi connectivity index (χ1n) is 6.75. The molecule has 2 aromatic carbocycles. The standard InChI is InChI=1S/C17H18O4/c1-11(18)10-21-17(19)12(2)13-4-5-15-9-16(20-3)7-6-14(15)8-13/h4-9,12H,10H2,1-3H3/t12-/m0/s1. The Kier molecular flexibility index (Phi) is 4.58. The Morgan fingerprint density at radius 2 is 1.76 bits per heavy atom. The third kappa shape index (κ3) is 3.60. The van der Waals surface area contributed by atoms with Crippen LogP contribution < -0.4 is 4.74 Å². The molecule has 0 radical (unpaired) electrons. The van der Waals surface area contributed by atoms with E-state index in [0.717, 1.165) is 22.1 Å². The Hall–Kier alpha value is -2.36. The second-order valence-electron chi connectivity index (χ2n) is 5.00. The number of rotatable bonds is 5. The van der Waals surface area contributed by atoms with Crippen LogP contribution in [0.1, 0.15) is 25.3 Å². The van der Waals surface area contributed by atoms with E-state index in [4.69, 9.17) is 9.47 Å². The highest BCUT2D eigenvalue weighted by atomic mass is 16.5. The fourth-order valence-electron chi connectivity index (χ4n) is 2.07. The molecule has 0 heterocycles. The van der Waals surface area contributed by atoms with Gasteiger partial charge in [0.25, 0.3) is 0 Å². The monoisotopic (exact) mass is 286 g/mol. The maximum absolute atomic E-state index is 11.9. The van der Waals surface area contributed by atoms with Crippen molar-refractivity contribution in [3.8, 4) is 5.75 Å². The van der Waals surface area contributed by atoms with E-state index >= 15 is 0 Å². The van der Waals surface area contributed by atoms with Crippen molar-refractivity contribution in [2.24, 2.45) is 0 Å². The van der Waals surface area contributed by atoms with E-state index in [1.807, 2.05) is 36.4 Å². The van der Waals surface area contributed by atoms with Gasteiger partial charge in [0.15, 0.2) is 5.78 Å². The third-order valence-electron chi connectivity index (χ3n) is 3.34. The zero-order valence-corrected chi connectivity index (χ0v) is 12.4. The summed E-state index contributed by atoms with van der Waals surface area (Å²) >= 11 is 0. The van der Waals surface area contributed by atoms with E-state index < -0.39 is 11.9 Å². The second-order valence-corrected chi connectivity index (χ2v) is 5.00. The maximum atomic E-state index is 11.9. The Morgan fingerprint density at radius 1 is 1.10 bits per heavy atom. The quantitative estimate of drug-likeness (QED) is 0.793. The molecule has 0 bridgehead atoms. The van der Waals surface area contributed by atoms with Gasteiger partial charge in [-0.15, -0.1) is 0 Å². The van der Waals surface area contributed by atoms with Crippen molar-refractivity contribution < 1.29 is 19.1 Å². The number of ether oxygens (including phenoxy) is 2. The number of benzene rings is 2. The molecule has 0 N–H and O–H groups in total. The SMILES string of the molecule is COc1ccc2cc([C@H](C)C(=O)OCC(C)=O)ccc2c1. The van der Waals surface area contributed by atoms with Crippen molar-refractivity contribution in [2.75, 3.05) is 13.7 Å². The highest BCUT2D eigenvalue weighted by Crippen LogP contribution is 2.25. The number of Topliss-reactive ketones (excluding diaryl/α,β-unsaturated/α-hetero) is 1. The summed E-state index contributed by atoms with van der Waals surface area (Å²) in [6.45, 7) is 2.99. The molecule has 0 saturated heterocycles. The van der Waals surface area contributed by atoms with Crippen molar-refractivity contribution in [1.82, 2.24) is 0 Å². The summed E-state index contributed by atoms with van der Waals surface area (Å²) in [4.78, 5) is 22.7. The van der Waals surface area contributed by atoms with Crippen molar-refractivity contribution in [3.63, 3.8) is 0 Å². The molecule has 2 aromatic rings. The lowest BCUT2D eigenvalue weighted by atomic mass is 9.98. The molecule has 0 aliphatic rings. The van der Waals surface area contributed by atoms with Crippen LogP contribution in [-0.4, -0.2) is 25.5 Å². The van der Waals surface area contributed by atoms with Crippen LogP contribution in [0.15, 0.2) is 36.4 Å². The molecule has 0 saturated carbocycles. The van der Waals surface area contributed by atoms with Crippen LogP contribution in [-0.2, 0) is 14.3 Å². The summed E-state index contributed by atoms with van der Waals surface area (Å²) in [5.74, 6) is -0.167. The van der Waals surface area contributed by atoms with Gasteiger partial charge >= 0.3 is 5.97 Å². The molecule has 2 rings (SSSR count). The van der Waals surface area contributed by atoms with Gasteiger partial charge in [-0.2, -0.15) is 0 Å². The lowest BCUT2D eigenvalue weighted by molar-refractivity contribution is -0.148. The molecule has 0 aliphatic carbocycles. The largest absolute Gasteiger partial charge is 0.497 e. The zero-order valence-electron chi connectivity index (χ0n) is 12.4. The molecule has 0 fully saturated rings. The van der Waals surface area contributed by atoms with Gasteiger partial charge < -0.3 is 9.47 Å². The molecular formula is C17H18O4. The minimum absolute atomic E-state index is 0.166. The van der Waals surface area contributed by atoms with Gasteiger partial charge in [-0.3, -0.25) is 9.59 Å². The van der Waals surface area contributed by atoms with Gasteiger partial charge in [0, 0.05) is 0 Å². The Balaban J connectivity index is 2.21. The average Bonchev–Trinajstić information content (AvgIpc) is 2.50.